The molecule has 0 radical (unpaired) electrons. The van der Waals surface area contributed by atoms with E-state index in [1.54, 1.807) is 0 Å². The molecule has 0 aromatic rings. The van der Waals surface area contributed by atoms with Crippen LogP contribution >= 0.6 is 0 Å². The van der Waals surface area contributed by atoms with Crippen LogP contribution in [-0.2, 0) is 4.79 Å². The number of rotatable bonds is 2. The normalized spacial score (nSPS) is 34.1. The molecule has 2 rings (SSSR count). The van der Waals surface area contributed by atoms with E-state index < -0.39 is 5.60 Å². The quantitative estimate of drug-likeness (QED) is 0.780. The maximum Gasteiger partial charge on any atom is 0.224 e. The van der Waals surface area contributed by atoms with Crippen molar-refractivity contribution in [2.24, 2.45) is 0 Å². The lowest BCUT2D eigenvalue weighted by Crippen LogP contribution is -2.41. The fraction of sp³-hybridized carbons (Fsp3) is 0.929. The first-order chi connectivity index (χ1) is 8.57. The van der Waals surface area contributed by atoms with Gasteiger partial charge in [0.2, 0.25) is 5.91 Å². The summed E-state index contributed by atoms with van der Waals surface area (Å²) in [7, 11) is 0. The van der Waals surface area contributed by atoms with Crippen molar-refractivity contribution in [3.8, 4) is 0 Å². The van der Waals surface area contributed by atoms with Gasteiger partial charge in [-0.3, -0.25) is 4.79 Å². The van der Waals surface area contributed by atoms with E-state index >= 15 is 0 Å². The summed E-state index contributed by atoms with van der Waals surface area (Å²) in [6.45, 7) is 4.44. The number of carbonyl (C=O) groups is 1. The van der Waals surface area contributed by atoms with Crippen molar-refractivity contribution < 1.29 is 9.90 Å². The number of carbonyl (C=O) groups excluding carboxylic acids is 1. The van der Waals surface area contributed by atoms with Crippen molar-refractivity contribution in [2.75, 3.05) is 19.6 Å². The lowest BCUT2D eigenvalue weighted by Gasteiger charge is -2.27. The first-order valence-electron chi connectivity index (χ1n) is 7.30. The zero-order valence-corrected chi connectivity index (χ0v) is 11.5. The second-order valence-corrected chi connectivity index (χ2v) is 6.08. The third-order valence-corrected chi connectivity index (χ3v) is 4.25. The van der Waals surface area contributed by atoms with Crippen molar-refractivity contribution >= 4 is 5.91 Å². The predicted molar refractivity (Wildman–Crippen MR) is 71.3 cm³/mol. The SMILES string of the molecule is CC1(O)CCCN(C(=O)CC2CCCCN2)CC1. The Hall–Kier alpha value is -0.610. The lowest BCUT2D eigenvalue weighted by atomic mass is 9.98. The van der Waals surface area contributed by atoms with Crippen LogP contribution in [0.1, 0.15) is 51.9 Å². The molecule has 4 heteroatoms. The standard InChI is InChI=1S/C14H26N2O2/c1-14(18)6-4-9-16(10-7-14)13(17)11-12-5-2-3-8-15-12/h12,15,18H,2-11H2,1H3. The van der Waals surface area contributed by atoms with Crippen molar-refractivity contribution in [2.45, 2.75) is 63.5 Å². The Morgan fingerprint density at radius 3 is 2.89 bits per heavy atom. The van der Waals surface area contributed by atoms with Gasteiger partial charge in [0.25, 0.3) is 0 Å². The summed E-state index contributed by atoms with van der Waals surface area (Å²) in [5, 5.41) is 13.4. The predicted octanol–water partition coefficient (Wildman–Crippen LogP) is 1.28. The molecule has 2 N–H and O–H groups in total. The van der Waals surface area contributed by atoms with Gasteiger partial charge in [-0.25, -0.2) is 0 Å². The van der Waals surface area contributed by atoms with E-state index in [2.05, 4.69) is 5.32 Å². The minimum atomic E-state index is -0.585. The molecule has 1 amide bonds. The number of amides is 1. The van der Waals surface area contributed by atoms with E-state index in [1.807, 2.05) is 11.8 Å². The Morgan fingerprint density at radius 1 is 1.33 bits per heavy atom. The topological polar surface area (TPSA) is 52.6 Å². The molecule has 4 nitrogen and oxygen atoms in total. The van der Waals surface area contributed by atoms with Gasteiger partial charge in [-0.15, -0.1) is 0 Å². The van der Waals surface area contributed by atoms with Crippen LogP contribution in [0, 0.1) is 0 Å². The van der Waals surface area contributed by atoms with Crippen LogP contribution in [-0.4, -0.2) is 47.2 Å². The molecule has 0 aliphatic carbocycles. The fourth-order valence-electron chi connectivity index (χ4n) is 2.95. The lowest BCUT2D eigenvalue weighted by molar-refractivity contribution is -0.132. The average molecular weight is 254 g/mol. The number of nitrogens with zero attached hydrogens (tertiary/aromatic N) is 1. The van der Waals surface area contributed by atoms with Crippen molar-refractivity contribution in [1.82, 2.24) is 10.2 Å². The molecule has 0 spiro atoms. The first kappa shape index (κ1) is 13.8. The third-order valence-electron chi connectivity index (χ3n) is 4.25. The van der Waals surface area contributed by atoms with Gasteiger partial charge >= 0.3 is 0 Å². The third kappa shape index (κ3) is 3.95. The molecular formula is C14H26N2O2. The smallest absolute Gasteiger partial charge is 0.224 e. The minimum absolute atomic E-state index is 0.257. The maximum absolute atomic E-state index is 12.2. The second kappa shape index (κ2) is 6.02. The van der Waals surface area contributed by atoms with Gasteiger partial charge in [0.1, 0.15) is 0 Å². The van der Waals surface area contributed by atoms with E-state index in [9.17, 15) is 9.90 Å². The molecule has 2 atom stereocenters. The largest absolute Gasteiger partial charge is 0.390 e. The van der Waals surface area contributed by atoms with Crippen LogP contribution < -0.4 is 5.32 Å². The Kier molecular flexibility index (Phi) is 4.62. The van der Waals surface area contributed by atoms with Crippen LogP contribution in [0.3, 0.4) is 0 Å². The number of aliphatic hydroxyl groups is 1. The summed E-state index contributed by atoms with van der Waals surface area (Å²) in [4.78, 5) is 14.2. The second-order valence-electron chi connectivity index (χ2n) is 6.08. The summed E-state index contributed by atoms with van der Waals surface area (Å²) >= 11 is 0. The van der Waals surface area contributed by atoms with Gasteiger partial charge < -0.3 is 15.3 Å². The van der Waals surface area contributed by atoms with Gasteiger partial charge in [-0.1, -0.05) is 6.42 Å². The van der Waals surface area contributed by atoms with E-state index in [1.165, 1.54) is 12.8 Å². The molecule has 2 unspecified atom stereocenters. The number of piperidine rings is 1. The Labute approximate surface area is 110 Å². The van der Waals surface area contributed by atoms with E-state index in [0.29, 0.717) is 25.4 Å². The van der Waals surface area contributed by atoms with Crippen LogP contribution in [0.2, 0.25) is 0 Å². The molecule has 2 saturated heterocycles. The fourth-order valence-corrected chi connectivity index (χ4v) is 2.95. The zero-order valence-electron chi connectivity index (χ0n) is 11.5. The minimum Gasteiger partial charge on any atom is -0.390 e. The molecule has 2 aliphatic heterocycles. The summed E-state index contributed by atoms with van der Waals surface area (Å²) in [5.74, 6) is 0.257. The van der Waals surface area contributed by atoms with Gasteiger partial charge in [0, 0.05) is 25.6 Å². The molecule has 0 bridgehead atoms. The number of hydrogen-bond acceptors (Lipinski definition) is 3. The van der Waals surface area contributed by atoms with Crippen LogP contribution in [0.5, 0.6) is 0 Å². The summed E-state index contributed by atoms with van der Waals surface area (Å²) in [6, 6.07) is 0.370. The summed E-state index contributed by atoms with van der Waals surface area (Å²) in [5.41, 5.74) is -0.585. The van der Waals surface area contributed by atoms with E-state index in [4.69, 9.17) is 0 Å². The van der Waals surface area contributed by atoms with E-state index in [-0.39, 0.29) is 5.91 Å². The molecule has 2 aliphatic rings. The number of likely N-dealkylation sites (tertiary alicyclic amines) is 1. The van der Waals surface area contributed by atoms with Gasteiger partial charge in [-0.05, 0) is 45.6 Å². The highest BCUT2D eigenvalue weighted by molar-refractivity contribution is 5.76. The first-order valence-corrected chi connectivity index (χ1v) is 7.30. The summed E-state index contributed by atoms with van der Waals surface area (Å²) < 4.78 is 0. The highest BCUT2D eigenvalue weighted by Gasteiger charge is 2.28. The van der Waals surface area contributed by atoms with E-state index in [0.717, 1.165) is 32.4 Å². The van der Waals surface area contributed by atoms with Gasteiger partial charge in [0.15, 0.2) is 0 Å². The Balaban J connectivity index is 1.81. The number of nitrogens with one attached hydrogen (secondary N) is 1. The van der Waals surface area contributed by atoms with Crippen molar-refractivity contribution in [3.05, 3.63) is 0 Å². The Morgan fingerprint density at radius 2 is 2.17 bits per heavy atom. The molecular weight excluding hydrogens is 228 g/mol. The van der Waals surface area contributed by atoms with Gasteiger partial charge in [-0.2, -0.15) is 0 Å². The highest BCUT2D eigenvalue weighted by Crippen LogP contribution is 2.22. The molecule has 0 aromatic heterocycles. The number of hydrogen-bond donors (Lipinski definition) is 2. The zero-order chi connectivity index (χ0) is 13.0. The van der Waals surface area contributed by atoms with Gasteiger partial charge in [0.05, 0.1) is 5.60 Å². The van der Waals surface area contributed by atoms with Crippen molar-refractivity contribution in [1.29, 1.82) is 0 Å². The molecule has 18 heavy (non-hydrogen) atoms. The molecule has 0 saturated carbocycles. The Bertz CT molecular complexity index is 286. The molecule has 2 heterocycles. The van der Waals surface area contributed by atoms with Crippen LogP contribution in [0.15, 0.2) is 0 Å². The average Bonchev–Trinajstić information content (AvgIpc) is 2.51. The monoisotopic (exact) mass is 254 g/mol. The summed E-state index contributed by atoms with van der Waals surface area (Å²) in [6.07, 6.45) is 6.64. The molecule has 104 valence electrons. The van der Waals surface area contributed by atoms with Crippen molar-refractivity contribution in [3.63, 3.8) is 0 Å². The highest BCUT2D eigenvalue weighted by atomic mass is 16.3. The van der Waals surface area contributed by atoms with Crippen LogP contribution in [0.4, 0.5) is 0 Å². The van der Waals surface area contributed by atoms with Crippen LogP contribution in [0.25, 0.3) is 0 Å². The maximum atomic E-state index is 12.2. The molecule has 2 fully saturated rings. The molecule has 0 aromatic carbocycles.